The minimum atomic E-state index is -3.68. The fraction of sp³-hybridized carbons (Fsp3) is 0.316. The summed E-state index contributed by atoms with van der Waals surface area (Å²) in [4.78, 5) is 14.6. The highest BCUT2D eigenvalue weighted by molar-refractivity contribution is 7.89. The van der Waals surface area contributed by atoms with Crippen molar-refractivity contribution in [2.45, 2.75) is 24.2 Å². The van der Waals surface area contributed by atoms with Crippen molar-refractivity contribution in [3.8, 4) is 0 Å². The molecule has 1 fully saturated rings. The maximum Gasteiger partial charge on any atom is 0.319 e. The minimum Gasteiger partial charge on any atom is -0.370 e. The number of primary sulfonamides is 1. The van der Waals surface area contributed by atoms with Crippen LogP contribution in [0.5, 0.6) is 0 Å². The van der Waals surface area contributed by atoms with Crippen LogP contribution in [0.15, 0.2) is 53.4 Å². The van der Waals surface area contributed by atoms with Crippen LogP contribution in [0.2, 0.25) is 0 Å². The second-order valence-corrected chi connectivity index (χ2v) is 8.09. The minimum absolute atomic E-state index is 0.0791. The summed E-state index contributed by atoms with van der Waals surface area (Å²) in [5.41, 5.74) is 2.76. The Morgan fingerprint density at radius 3 is 2.37 bits per heavy atom. The Kier molecular flexibility index (Phi) is 5.98. The fourth-order valence-electron chi connectivity index (χ4n) is 3.15. The Morgan fingerprint density at radius 2 is 1.70 bits per heavy atom. The lowest BCUT2D eigenvalue weighted by Crippen LogP contribution is -2.31. The summed E-state index contributed by atoms with van der Waals surface area (Å²) < 4.78 is 22.5. The van der Waals surface area contributed by atoms with Gasteiger partial charge in [0, 0.05) is 19.6 Å². The second kappa shape index (κ2) is 8.41. The zero-order chi connectivity index (χ0) is 19.3. The van der Waals surface area contributed by atoms with Crippen LogP contribution in [0.3, 0.4) is 0 Å². The fourth-order valence-corrected chi connectivity index (χ4v) is 3.66. The molecule has 0 aromatic heterocycles. The van der Waals surface area contributed by atoms with Crippen molar-refractivity contribution in [1.29, 1.82) is 0 Å². The number of nitrogens with one attached hydrogen (secondary N) is 2. The molecule has 2 aromatic rings. The SMILES string of the molecule is NS(=O)(=O)c1ccc(CCNC(=O)Nc2ccccc2N2CCCC2)cc1. The quantitative estimate of drug-likeness (QED) is 0.706. The Bertz CT molecular complexity index is 891. The molecule has 1 aliphatic rings. The van der Waals surface area contributed by atoms with Crippen molar-refractivity contribution in [2.24, 2.45) is 5.14 Å². The summed E-state index contributed by atoms with van der Waals surface area (Å²) in [7, 11) is -3.68. The Labute approximate surface area is 159 Å². The van der Waals surface area contributed by atoms with Gasteiger partial charge in [-0.1, -0.05) is 24.3 Å². The number of anilines is 2. The zero-order valence-electron chi connectivity index (χ0n) is 15.0. The van der Waals surface area contributed by atoms with E-state index in [0.717, 1.165) is 30.0 Å². The van der Waals surface area contributed by atoms with Gasteiger partial charge in [0.1, 0.15) is 0 Å². The molecule has 27 heavy (non-hydrogen) atoms. The maximum absolute atomic E-state index is 12.2. The standard InChI is InChI=1S/C19H24N4O3S/c20-27(25,26)16-9-7-15(8-10-16)11-12-21-19(24)22-17-5-1-2-6-18(17)23-13-3-4-14-23/h1-2,5-10H,3-4,11-14H2,(H2,20,25,26)(H2,21,22,24). The molecule has 8 heteroatoms. The molecule has 0 unspecified atom stereocenters. The number of benzene rings is 2. The molecule has 0 aliphatic carbocycles. The van der Waals surface area contributed by atoms with E-state index >= 15 is 0 Å². The van der Waals surface area contributed by atoms with Crippen molar-refractivity contribution >= 4 is 27.4 Å². The first-order chi connectivity index (χ1) is 12.9. The van der Waals surface area contributed by atoms with Crippen LogP contribution in [-0.4, -0.2) is 34.1 Å². The molecule has 0 spiro atoms. The second-order valence-electron chi connectivity index (χ2n) is 6.53. The third kappa shape index (κ3) is 5.21. The van der Waals surface area contributed by atoms with Gasteiger partial charge in [0.2, 0.25) is 10.0 Å². The Morgan fingerprint density at radius 1 is 1.04 bits per heavy atom. The molecular formula is C19H24N4O3S. The van der Waals surface area contributed by atoms with Gasteiger partial charge in [-0.25, -0.2) is 18.4 Å². The summed E-state index contributed by atoms with van der Waals surface area (Å²) in [6.07, 6.45) is 2.93. The largest absolute Gasteiger partial charge is 0.370 e. The first kappa shape index (κ1) is 19.2. The van der Waals surface area contributed by atoms with Gasteiger partial charge in [-0.2, -0.15) is 0 Å². The molecule has 1 heterocycles. The van der Waals surface area contributed by atoms with Crippen LogP contribution in [0, 0.1) is 0 Å². The topological polar surface area (TPSA) is 105 Å². The monoisotopic (exact) mass is 388 g/mol. The molecule has 1 aliphatic heterocycles. The third-order valence-electron chi connectivity index (χ3n) is 4.55. The number of carbonyl (C=O) groups is 1. The van der Waals surface area contributed by atoms with E-state index in [4.69, 9.17) is 5.14 Å². The highest BCUT2D eigenvalue weighted by Crippen LogP contribution is 2.28. The lowest BCUT2D eigenvalue weighted by atomic mass is 10.1. The first-order valence-electron chi connectivity index (χ1n) is 8.94. The summed E-state index contributed by atoms with van der Waals surface area (Å²) in [5.74, 6) is 0. The van der Waals surface area contributed by atoms with E-state index in [1.54, 1.807) is 12.1 Å². The molecule has 7 nitrogen and oxygen atoms in total. The molecule has 0 radical (unpaired) electrons. The first-order valence-corrected chi connectivity index (χ1v) is 10.5. The third-order valence-corrected chi connectivity index (χ3v) is 5.48. The van der Waals surface area contributed by atoms with Crippen LogP contribution in [0.1, 0.15) is 18.4 Å². The van der Waals surface area contributed by atoms with Gasteiger partial charge in [0.25, 0.3) is 0 Å². The van der Waals surface area contributed by atoms with Crippen molar-refractivity contribution in [3.05, 3.63) is 54.1 Å². The van der Waals surface area contributed by atoms with Crippen LogP contribution >= 0.6 is 0 Å². The molecule has 0 bridgehead atoms. The van der Waals surface area contributed by atoms with Gasteiger partial charge in [0.15, 0.2) is 0 Å². The Balaban J connectivity index is 1.52. The number of hydrogen-bond donors (Lipinski definition) is 3. The van der Waals surface area contributed by atoms with E-state index in [-0.39, 0.29) is 10.9 Å². The van der Waals surface area contributed by atoms with Gasteiger partial charge in [-0.15, -0.1) is 0 Å². The highest BCUT2D eigenvalue weighted by Gasteiger charge is 2.16. The van der Waals surface area contributed by atoms with Crippen LogP contribution < -0.4 is 20.7 Å². The predicted molar refractivity (Wildman–Crippen MR) is 106 cm³/mol. The smallest absolute Gasteiger partial charge is 0.319 e. The summed E-state index contributed by atoms with van der Waals surface area (Å²) >= 11 is 0. The lowest BCUT2D eigenvalue weighted by molar-refractivity contribution is 0.252. The molecule has 2 amide bonds. The number of urea groups is 1. The highest BCUT2D eigenvalue weighted by atomic mass is 32.2. The summed E-state index contributed by atoms with van der Waals surface area (Å²) in [5, 5.41) is 10.8. The van der Waals surface area contributed by atoms with Gasteiger partial charge < -0.3 is 15.5 Å². The number of nitrogens with two attached hydrogens (primary N) is 1. The number of para-hydroxylation sites is 2. The zero-order valence-corrected chi connectivity index (χ0v) is 15.8. The molecule has 1 saturated heterocycles. The van der Waals surface area contributed by atoms with Gasteiger partial charge in [-0.05, 0) is 49.1 Å². The summed E-state index contributed by atoms with van der Waals surface area (Å²) in [6, 6.07) is 13.9. The van der Waals surface area contributed by atoms with E-state index in [1.165, 1.54) is 25.0 Å². The van der Waals surface area contributed by atoms with Crippen LogP contribution in [-0.2, 0) is 16.4 Å². The molecule has 2 aromatic carbocycles. The lowest BCUT2D eigenvalue weighted by Gasteiger charge is -2.21. The van der Waals surface area contributed by atoms with Gasteiger partial charge >= 0.3 is 6.03 Å². The Hall–Kier alpha value is -2.58. The molecule has 0 atom stereocenters. The average molecular weight is 388 g/mol. The van der Waals surface area contributed by atoms with Gasteiger partial charge in [-0.3, -0.25) is 0 Å². The van der Waals surface area contributed by atoms with Gasteiger partial charge in [0.05, 0.1) is 16.3 Å². The van der Waals surface area contributed by atoms with E-state index in [1.807, 2.05) is 24.3 Å². The van der Waals surface area contributed by atoms with E-state index < -0.39 is 10.0 Å². The van der Waals surface area contributed by atoms with E-state index in [9.17, 15) is 13.2 Å². The number of sulfonamides is 1. The molecule has 4 N–H and O–H groups in total. The van der Waals surface area contributed by atoms with Crippen molar-refractivity contribution in [3.63, 3.8) is 0 Å². The molecule has 0 saturated carbocycles. The van der Waals surface area contributed by atoms with E-state index in [0.29, 0.717) is 13.0 Å². The van der Waals surface area contributed by atoms with Crippen molar-refractivity contribution in [1.82, 2.24) is 5.32 Å². The maximum atomic E-state index is 12.2. The van der Waals surface area contributed by atoms with Crippen LogP contribution in [0.4, 0.5) is 16.2 Å². The van der Waals surface area contributed by atoms with E-state index in [2.05, 4.69) is 15.5 Å². The normalized spacial score (nSPS) is 14.2. The van der Waals surface area contributed by atoms with Crippen molar-refractivity contribution in [2.75, 3.05) is 29.9 Å². The average Bonchev–Trinajstić information content (AvgIpc) is 3.16. The summed E-state index contributed by atoms with van der Waals surface area (Å²) in [6.45, 7) is 2.45. The number of amides is 2. The number of carbonyl (C=O) groups excluding carboxylic acids is 1. The number of nitrogens with zero attached hydrogens (tertiary/aromatic N) is 1. The molecule has 144 valence electrons. The molecule has 3 rings (SSSR count). The predicted octanol–water partition coefficient (Wildman–Crippen LogP) is 2.30. The van der Waals surface area contributed by atoms with Crippen molar-refractivity contribution < 1.29 is 13.2 Å². The number of rotatable bonds is 6. The van der Waals surface area contributed by atoms with Crippen LogP contribution in [0.25, 0.3) is 0 Å². The number of hydrogen-bond acceptors (Lipinski definition) is 4. The molecular weight excluding hydrogens is 364 g/mol.